The van der Waals surface area contributed by atoms with Gasteiger partial charge < -0.3 is 15.2 Å². The zero-order valence-corrected chi connectivity index (χ0v) is 11.7. The van der Waals surface area contributed by atoms with Gasteiger partial charge in [-0.3, -0.25) is 0 Å². The van der Waals surface area contributed by atoms with Crippen molar-refractivity contribution in [2.45, 2.75) is 19.8 Å². The normalized spacial score (nSPS) is 10.2. The maximum Gasteiger partial charge on any atom is 0.240 e. The molecule has 0 aliphatic carbocycles. The van der Waals surface area contributed by atoms with Gasteiger partial charge in [0, 0.05) is 6.07 Å². The number of aromatic nitrogens is 1. The molecule has 4 heteroatoms. The van der Waals surface area contributed by atoms with E-state index in [2.05, 4.69) is 17.1 Å². The molecule has 1 aromatic carbocycles. The number of nitrogens with two attached hydrogens (primary N) is 1. The van der Waals surface area contributed by atoms with Crippen LogP contribution in [0.15, 0.2) is 42.5 Å². The summed E-state index contributed by atoms with van der Waals surface area (Å²) in [6.45, 7) is 3.06. The quantitative estimate of drug-likeness (QED) is 0.787. The highest BCUT2D eigenvalue weighted by Gasteiger charge is 2.04. The Kier molecular flexibility index (Phi) is 5.24. The Labute approximate surface area is 119 Å². The Hall–Kier alpha value is -2.23. The lowest BCUT2D eigenvalue weighted by atomic mass is 10.1. The summed E-state index contributed by atoms with van der Waals surface area (Å²) < 4.78 is 11.0. The summed E-state index contributed by atoms with van der Waals surface area (Å²) in [5.74, 6) is 0.990. The molecule has 0 saturated carbocycles. The second-order valence-electron chi connectivity index (χ2n) is 4.41. The number of anilines is 1. The second-order valence-corrected chi connectivity index (χ2v) is 4.41. The van der Waals surface area contributed by atoms with E-state index in [-0.39, 0.29) is 0 Å². The van der Waals surface area contributed by atoms with Crippen LogP contribution in [-0.4, -0.2) is 18.2 Å². The lowest BCUT2D eigenvalue weighted by Gasteiger charge is -2.09. The number of aryl methyl sites for hydroxylation is 1. The van der Waals surface area contributed by atoms with Crippen molar-refractivity contribution in [2.75, 3.05) is 18.9 Å². The molecule has 1 aromatic heterocycles. The van der Waals surface area contributed by atoms with Crippen molar-refractivity contribution in [1.82, 2.24) is 4.98 Å². The minimum Gasteiger partial charge on any atom is -0.478 e. The number of benzene rings is 1. The van der Waals surface area contributed by atoms with E-state index in [9.17, 15) is 0 Å². The molecule has 0 aliphatic rings. The molecule has 0 bridgehead atoms. The number of hydrogen-bond donors (Lipinski definition) is 1. The van der Waals surface area contributed by atoms with Gasteiger partial charge in [0.15, 0.2) is 0 Å². The first-order valence-corrected chi connectivity index (χ1v) is 6.85. The first-order valence-electron chi connectivity index (χ1n) is 6.85. The molecule has 0 fully saturated rings. The molecule has 4 nitrogen and oxygen atoms in total. The predicted octanol–water partition coefficient (Wildman–Crippen LogP) is 3.07. The van der Waals surface area contributed by atoms with Crippen LogP contribution in [0, 0.1) is 0 Å². The van der Waals surface area contributed by atoms with E-state index >= 15 is 0 Å². The van der Waals surface area contributed by atoms with Gasteiger partial charge in [0.25, 0.3) is 0 Å². The maximum absolute atomic E-state index is 5.76. The van der Waals surface area contributed by atoms with Crippen molar-refractivity contribution < 1.29 is 9.47 Å². The van der Waals surface area contributed by atoms with Gasteiger partial charge in [0.2, 0.25) is 11.8 Å². The van der Waals surface area contributed by atoms with Gasteiger partial charge in [-0.2, -0.15) is 4.98 Å². The standard InChI is InChI=1S/C16H20N2O2/c1-2-19-16-14(17)10-11-15(18-16)20-12-6-9-13-7-4-3-5-8-13/h3-5,7-8,10-11H,2,6,9,12,17H2,1H3. The van der Waals surface area contributed by atoms with Crippen molar-refractivity contribution in [1.29, 1.82) is 0 Å². The van der Waals surface area contributed by atoms with Gasteiger partial charge in [-0.05, 0) is 31.4 Å². The summed E-state index contributed by atoms with van der Waals surface area (Å²) in [6, 6.07) is 13.9. The van der Waals surface area contributed by atoms with Crippen LogP contribution in [0.25, 0.3) is 0 Å². The van der Waals surface area contributed by atoms with Crippen molar-refractivity contribution in [3.63, 3.8) is 0 Å². The molecule has 0 spiro atoms. The van der Waals surface area contributed by atoms with Crippen molar-refractivity contribution >= 4 is 5.69 Å². The van der Waals surface area contributed by atoms with Gasteiger partial charge in [-0.25, -0.2) is 0 Å². The van der Waals surface area contributed by atoms with E-state index in [4.69, 9.17) is 15.2 Å². The zero-order chi connectivity index (χ0) is 14.2. The smallest absolute Gasteiger partial charge is 0.240 e. The molecule has 0 saturated heterocycles. The fraction of sp³-hybridized carbons (Fsp3) is 0.312. The Morgan fingerprint density at radius 1 is 1.05 bits per heavy atom. The van der Waals surface area contributed by atoms with Crippen LogP contribution in [0.3, 0.4) is 0 Å². The minimum absolute atomic E-state index is 0.438. The first-order chi connectivity index (χ1) is 9.79. The van der Waals surface area contributed by atoms with E-state index in [0.29, 0.717) is 30.7 Å². The summed E-state index contributed by atoms with van der Waals surface area (Å²) in [5.41, 5.74) is 7.61. The number of nitrogens with zero attached hydrogens (tertiary/aromatic N) is 1. The molecule has 1 heterocycles. The average Bonchev–Trinajstić information content (AvgIpc) is 2.48. The summed E-state index contributed by atoms with van der Waals surface area (Å²) in [7, 11) is 0. The van der Waals surface area contributed by atoms with E-state index in [1.807, 2.05) is 25.1 Å². The molecule has 20 heavy (non-hydrogen) atoms. The molecule has 106 valence electrons. The highest BCUT2D eigenvalue weighted by molar-refractivity contribution is 5.49. The van der Waals surface area contributed by atoms with Crippen LogP contribution in [0.1, 0.15) is 18.9 Å². The Balaban J connectivity index is 1.80. The van der Waals surface area contributed by atoms with Crippen LogP contribution >= 0.6 is 0 Å². The molecule has 0 aliphatic heterocycles. The Bertz CT molecular complexity index is 529. The fourth-order valence-electron chi connectivity index (χ4n) is 1.86. The van der Waals surface area contributed by atoms with Gasteiger partial charge in [-0.15, -0.1) is 0 Å². The highest BCUT2D eigenvalue weighted by Crippen LogP contribution is 2.22. The summed E-state index contributed by atoms with van der Waals surface area (Å²) in [5, 5.41) is 0. The molecule has 0 radical (unpaired) electrons. The van der Waals surface area contributed by atoms with Crippen molar-refractivity contribution in [2.24, 2.45) is 0 Å². The molecule has 2 N–H and O–H groups in total. The summed E-state index contributed by atoms with van der Waals surface area (Å²) in [4.78, 5) is 4.24. The third-order valence-electron chi connectivity index (χ3n) is 2.85. The zero-order valence-electron chi connectivity index (χ0n) is 11.7. The van der Waals surface area contributed by atoms with Gasteiger partial charge >= 0.3 is 0 Å². The average molecular weight is 272 g/mol. The van der Waals surface area contributed by atoms with Crippen LogP contribution in [-0.2, 0) is 6.42 Å². The maximum atomic E-state index is 5.76. The van der Waals surface area contributed by atoms with Crippen molar-refractivity contribution in [3.8, 4) is 11.8 Å². The van der Waals surface area contributed by atoms with Crippen LogP contribution in [0.2, 0.25) is 0 Å². The fourth-order valence-corrected chi connectivity index (χ4v) is 1.86. The van der Waals surface area contributed by atoms with E-state index < -0.39 is 0 Å². The van der Waals surface area contributed by atoms with E-state index in [1.165, 1.54) is 5.56 Å². The summed E-state index contributed by atoms with van der Waals surface area (Å²) >= 11 is 0. The monoisotopic (exact) mass is 272 g/mol. The molecule has 2 aromatic rings. The molecule has 0 unspecified atom stereocenters. The first kappa shape index (κ1) is 14.2. The highest BCUT2D eigenvalue weighted by atomic mass is 16.5. The number of ether oxygens (including phenoxy) is 2. The molecule has 0 atom stereocenters. The second kappa shape index (κ2) is 7.38. The Morgan fingerprint density at radius 2 is 1.85 bits per heavy atom. The lowest BCUT2D eigenvalue weighted by molar-refractivity contribution is 0.284. The van der Waals surface area contributed by atoms with Crippen LogP contribution in [0.4, 0.5) is 5.69 Å². The van der Waals surface area contributed by atoms with E-state index in [0.717, 1.165) is 12.8 Å². The van der Waals surface area contributed by atoms with Gasteiger partial charge in [0.05, 0.1) is 18.9 Å². The molecule has 2 rings (SSSR count). The number of pyridine rings is 1. The summed E-state index contributed by atoms with van der Waals surface area (Å²) in [6.07, 6.45) is 1.94. The van der Waals surface area contributed by atoms with Gasteiger partial charge in [-0.1, -0.05) is 30.3 Å². The number of hydrogen-bond acceptors (Lipinski definition) is 4. The van der Waals surface area contributed by atoms with Crippen molar-refractivity contribution in [3.05, 3.63) is 48.0 Å². The number of rotatable bonds is 7. The lowest BCUT2D eigenvalue weighted by Crippen LogP contribution is -2.04. The minimum atomic E-state index is 0.438. The van der Waals surface area contributed by atoms with Gasteiger partial charge in [0.1, 0.15) is 0 Å². The van der Waals surface area contributed by atoms with Crippen LogP contribution in [0.5, 0.6) is 11.8 Å². The van der Waals surface area contributed by atoms with E-state index in [1.54, 1.807) is 12.1 Å². The number of nitrogen functional groups attached to an aromatic ring is 1. The topological polar surface area (TPSA) is 57.4 Å². The molecular formula is C16H20N2O2. The molecule has 0 amide bonds. The van der Waals surface area contributed by atoms with Crippen LogP contribution < -0.4 is 15.2 Å². The predicted molar refractivity (Wildman–Crippen MR) is 80.1 cm³/mol. The molecular weight excluding hydrogens is 252 g/mol. The largest absolute Gasteiger partial charge is 0.478 e. The Morgan fingerprint density at radius 3 is 2.60 bits per heavy atom. The third-order valence-corrected chi connectivity index (χ3v) is 2.85. The SMILES string of the molecule is CCOc1nc(OCCCc2ccccc2)ccc1N. The third kappa shape index (κ3) is 4.16.